The quantitative estimate of drug-likeness (QED) is 0.588. The Balaban J connectivity index is 1.61. The van der Waals surface area contributed by atoms with Gasteiger partial charge in [-0.05, 0) is 56.2 Å². The highest BCUT2D eigenvalue weighted by atomic mass is 16.5. The van der Waals surface area contributed by atoms with Crippen LogP contribution in [0.15, 0.2) is 42.5 Å². The molecule has 0 heterocycles. The van der Waals surface area contributed by atoms with Gasteiger partial charge >= 0.3 is 6.03 Å². The van der Waals surface area contributed by atoms with Gasteiger partial charge in [0.2, 0.25) is 5.91 Å². The Morgan fingerprint density at radius 1 is 0.935 bits per heavy atom. The molecule has 166 valence electrons. The van der Waals surface area contributed by atoms with Crippen LogP contribution in [0.4, 0.5) is 10.5 Å². The van der Waals surface area contributed by atoms with E-state index in [1.807, 2.05) is 0 Å². The van der Waals surface area contributed by atoms with E-state index in [1.165, 1.54) is 0 Å². The molecule has 1 aliphatic rings. The van der Waals surface area contributed by atoms with Crippen molar-refractivity contribution in [1.82, 2.24) is 10.6 Å². The number of urea groups is 1. The molecule has 1 atom stereocenters. The first-order chi connectivity index (χ1) is 15.0. The Labute approximate surface area is 182 Å². The molecule has 3 rings (SSSR count). The Bertz CT molecular complexity index is 895. The third-order valence-corrected chi connectivity index (χ3v) is 5.15. The summed E-state index contributed by atoms with van der Waals surface area (Å²) in [4.78, 5) is 24.4. The van der Waals surface area contributed by atoms with Crippen LogP contribution < -0.4 is 30.2 Å². The largest absolute Gasteiger partial charge is 0.497 e. The molecule has 0 saturated heterocycles. The van der Waals surface area contributed by atoms with Crippen LogP contribution in [0.2, 0.25) is 0 Å². The second-order valence-electron chi connectivity index (χ2n) is 7.45. The summed E-state index contributed by atoms with van der Waals surface area (Å²) >= 11 is 0. The molecule has 0 radical (unpaired) electrons. The van der Waals surface area contributed by atoms with Gasteiger partial charge in [0.1, 0.15) is 17.5 Å². The lowest BCUT2D eigenvalue weighted by Gasteiger charge is -2.18. The maximum absolute atomic E-state index is 12.4. The number of nitrogens with one attached hydrogen (secondary N) is 3. The lowest BCUT2D eigenvalue weighted by atomic mass is 10.2. The second kappa shape index (κ2) is 10.6. The van der Waals surface area contributed by atoms with Crippen molar-refractivity contribution in [2.24, 2.45) is 0 Å². The molecule has 3 amide bonds. The summed E-state index contributed by atoms with van der Waals surface area (Å²) in [7, 11) is 3.16. The number of amides is 3. The van der Waals surface area contributed by atoms with E-state index in [0.717, 1.165) is 31.4 Å². The first-order valence-corrected chi connectivity index (χ1v) is 10.4. The SMILES string of the molecule is COc1ccc(Oc2cc(N[C@@H](C)C(=O)NC(=O)NC3CCCC3)ccc2OC)cc1. The minimum Gasteiger partial charge on any atom is -0.497 e. The fraction of sp³-hybridized carbons (Fsp3) is 0.391. The van der Waals surface area contributed by atoms with Gasteiger partial charge < -0.3 is 24.8 Å². The van der Waals surface area contributed by atoms with Crippen LogP contribution in [0.5, 0.6) is 23.0 Å². The van der Waals surface area contributed by atoms with Crippen molar-refractivity contribution in [1.29, 1.82) is 0 Å². The number of carbonyl (C=O) groups is 2. The van der Waals surface area contributed by atoms with Crippen molar-refractivity contribution in [2.45, 2.75) is 44.7 Å². The molecule has 0 aromatic heterocycles. The fourth-order valence-corrected chi connectivity index (χ4v) is 3.44. The lowest BCUT2D eigenvalue weighted by Crippen LogP contribution is -2.48. The Hall–Kier alpha value is -3.42. The van der Waals surface area contributed by atoms with E-state index in [4.69, 9.17) is 14.2 Å². The Morgan fingerprint density at radius 2 is 1.61 bits per heavy atom. The van der Waals surface area contributed by atoms with Crippen LogP contribution in [-0.4, -0.2) is 38.2 Å². The zero-order chi connectivity index (χ0) is 22.2. The summed E-state index contributed by atoms with van der Waals surface area (Å²) in [6.07, 6.45) is 4.13. The van der Waals surface area contributed by atoms with Crippen LogP contribution >= 0.6 is 0 Å². The molecule has 0 aliphatic heterocycles. The molecule has 1 aliphatic carbocycles. The highest BCUT2D eigenvalue weighted by Crippen LogP contribution is 2.34. The molecule has 8 nitrogen and oxygen atoms in total. The van der Waals surface area contributed by atoms with Gasteiger partial charge in [-0.2, -0.15) is 0 Å². The molecule has 2 aromatic rings. The molecular weight excluding hydrogens is 398 g/mol. The minimum absolute atomic E-state index is 0.148. The first kappa shape index (κ1) is 22.3. The molecule has 1 saturated carbocycles. The van der Waals surface area contributed by atoms with E-state index in [2.05, 4.69) is 16.0 Å². The third-order valence-electron chi connectivity index (χ3n) is 5.15. The van der Waals surface area contributed by atoms with E-state index < -0.39 is 18.0 Å². The third kappa shape index (κ3) is 6.28. The molecular formula is C23H29N3O5. The van der Waals surface area contributed by atoms with Gasteiger partial charge in [0.05, 0.1) is 14.2 Å². The molecule has 1 fully saturated rings. The van der Waals surface area contributed by atoms with Crippen LogP contribution in [0.25, 0.3) is 0 Å². The summed E-state index contributed by atoms with van der Waals surface area (Å²) in [5, 5.41) is 8.33. The van der Waals surface area contributed by atoms with Gasteiger partial charge in [-0.3, -0.25) is 10.1 Å². The van der Waals surface area contributed by atoms with E-state index in [1.54, 1.807) is 63.6 Å². The minimum atomic E-state index is -0.628. The number of imide groups is 1. The van der Waals surface area contributed by atoms with E-state index in [0.29, 0.717) is 22.9 Å². The number of methoxy groups -OCH3 is 2. The van der Waals surface area contributed by atoms with Crippen LogP contribution in [-0.2, 0) is 4.79 Å². The van der Waals surface area contributed by atoms with Crippen molar-refractivity contribution in [3.63, 3.8) is 0 Å². The zero-order valence-corrected chi connectivity index (χ0v) is 18.1. The predicted molar refractivity (Wildman–Crippen MR) is 118 cm³/mol. The van der Waals surface area contributed by atoms with E-state index >= 15 is 0 Å². The van der Waals surface area contributed by atoms with Crippen molar-refractivity contribution < 1.29 is 23.8 Å². The van der Waals surface area contributed by atoms with E-state index in [9.17, 15) is 9.59 Å². The standard InChI is InChI=1S/C23H29N3O5/c1-15(22(27)26-23(28)25-16-6-4-5-7-16)24-17-8-13-20(30-3)21(14-17)31-19-11-9-18(29-2)10-12-19/h8-16,24H,4-7H2,1-3H3,(H2,25,26,27,28)/t15-/m0/s1. The van der Waals surface area contributed by atoms with Gasteiger partial charge in [0.15, 0.2) is 11.5 Å². The highest BCUT2D eigenvalue weighted by molar-refractivity contribution is 5.98. The average Bonchev–Trinajstić information content (AvgIpc) is 3.27. The number of benzene rings is 2. The lowest BCUT2D eigenvalue weighted by molar-refractivity contribution is -0.120. The Kier molecular flexibility index (Phi) is 7.59. The van der Waals surface area contributed by atoms with Gasteiger partial charge in [-0.1, -0.05) is 12.8 Å². The molecule has 0 unspecified atom stereocenters. The van der Waals surface area contributed by atoms with Crippen molar-refractivity contribution in [3.05, 3.63) is 42.5 Å². The summed E-state index contributed by atoms with van der Waals surface area (Å²) < 4.78 is 16.5. The zero-order valence-electron chi connectivity index (χ0n) is 18.1. The number of hydrogen-bond donors (Lipinski definition) is 3. The number of ether oxygens (including phenoxy) is 3. The second-order valence-corrected chi connectivity index (χ2v) is 7.45. The van der Waals surface area contributed by atoms with E-state index in [-0.39, 0.29) is 6.04 Å². The Morgan fingerprint density at radius 3 is 2.26 bits per heavy atom. The predicted octanol–water partition coefficient (Wildman–Crippen LogP) is 4.06. The normalized spacial score (nSPS) is 14.4. The smallest absolute Gasteiger partial charge is 0.321 e. The molecule has 8 heteroatoms. The summed E-state index contributed by atoms with van der Waals surface area (Å²) in [6.45, 7) is 1.69. The van der Waals surface area contributed by atoms with Gasteiger partial charge in [0, 0.05) is 17.8 Å². The van der Waals surface area contributed by atoms with Crippen LogP contribution in [0, 0.1) is 0 Å². The number of hydrogen-bond acceptors (Lipinski definition) is 6. The molecule has 0 spiro atoms. The molecule has 0 bridgehead atoms. The van der Waals surface area contributed by atoms with Crippen molar-refractivity contribution in [2.75, 3.05) is 19.5 Å². The van der Waals surface area contributed by atoms with Crippen molar-refractivity contribution >= 4 is 17.6 Å². The number of carbonyl (C=O) groups excluding carboxylic acids is 2. The summed E-state index contributed by atoms with van der Waals surface area (Å²) in [6, 6.07) is 11.5. The number of rotatable bonds is 8. The average molecular weight is 428 g/mol. The first-order valence-electron chi connectivity index (χ1n) is 10.4. The fourth-order valence-electron chi connectivity index (χ4n) is 3.44. The monoisotopic (exact) mass is 427 g/mol. The van der Waals surface area contributed by atoms with Crippen molar-refractivity contribution in [3.8, 4) is 23.0 Å². The number of anilines is 1. The maximum Gasteiger partial charge on any atom is 0.321 e. The topological polar surface area (TPSA) is 97.9 Å². The molecule has 31 heavy (non-hydrogen) atoms. The highest BCUT2D eigenvalue weighted by Gasteiger charge is 2.20. The molecule has 3 N–H and O–H groups in total. The van der Waals surface area contributed by atoms with Gasteiger partial charge in [0.25, 0.3) is 0 Å². The summed E-state index contributed by atoms with van der Waals surface area (Å²) in [5.74, 6) is 1.97. The van der Waals surface area contributed by atoms with Crippen LogP contribution in [0.1, 0.15) is 32.6 Å². The maximum atomic E-state index is 12.4. The van der Waals surface area contributed by atoms with Crippen LogP contribution in [0.3, 0.4) is 0 Å². The van der Waals surface area contributed by atoms with Gasteiger partial charge in [-0.25, -0.2) is 4.79 Å². The summed E-state index contributed by atoms with van der Waals surface area (Å²) in [5.41, 5.74) is 0.656. The van der Waals surface area contributed by atoms with Gasteiger partial charge in [-0.15, -0.1) is 0 Å². The molecule has 2 aromatic carbocycles.